The van der Waals surface area contributed by atoms with Gasteiger partial charge in [0.05, 0.1) is 27.8 Å². The van der Waals surface area contributed by atoms with Gasteiger partial charge in [-0.2, -0.15) is 0 Å². The first kappa shape index (κ1) is 15.0. The van der Waals surface area contributed by atoms with Crippen LogP contribution in [0, 0.1) is 0 Å². The van der Waals surface area contributed by atoms with Crippen LogP contribution in [0.5, 0.6) is 0 Å². The van der Waals surface area contributed by atoms with Crippen LogP contribution in [0.3, 0.4) is 0 Å². The van der Waals surface area contributed by atoms with E-state index in [0.29, 0.717) is 0 Å². The highest BCUT2D eigenvalue weighted by Gasteiger charge is 2.00. The summed E-state index contributed by atoms with van der Waals surface area (Å²) in [6.07, 6.45) is 0. The summed E-state index contributed by atoms with van der Waals surface area (Å²) >= 11 is 4.53. The highest BCUT2D eigenvalue weighted by atomic mass is 32.5. The second-order valence-electron chi connectivity index (χ2n) is 3.00. The molecule has 0 spiro atoms. The quantitative estimate of drug-likeness (QED) is 0.570. The van der Waals surface area contributed by atoms with Crippen LogP contribution in [0.2, 0.25) is 0 Å². The second-order valence-corrected chi connectivity index (χ2v) is 6.48. The Kier molecular flexibility index (Phi) is 8.68. The van der Waals surface area contributed by atoms with Gasteiger partial charge in [-0.15, -0.1) is 0 Å². The fourth-order valence-electron chi connectivity index (χ4n) is 0.163. The molecule has 1 N–H and O–H groups in total. The zero-order valence-corrected chi connectivity index (χ0v) is 10.3. The van der Waals surface area contributed by atoms with Crippen molar-refractivity contribution < 1.29 is 14.3 Å². The van der Waals surface area contributed by atoms with E-state index in [1.807, 2.05) is 0 Å². The van der Waals surface area contributed by atoms with E-state index in [4.69, 9.17) is 0 Å². The average molecular weight is 214 g/mol. The molecule has 1 unspecified atom stereocenters. The Balaban J connectivity index is 0. The van der Waals surface area contributed by atoms with Crippen molar-refractivity contribution in [3.05, 3.63) is 0 Å². The second kappa shape index (κ2) is 6.95. The average Bonchev–Trinajstić information content (AvgIpc) is 1.86. The predicted octanol–water partition coefficient (Wildman–Crippen LogP) is -1.46. The summed E-state index contributed by atoms with van der Waals surface area (Å²) in [5.41, 5.74) is 0. The number of quaternary nitrogens is 1. The van der Waals surface area contributed by atoms with Crippen LogP contribution in [0.4, 0.5) is 0 Å². The third-order valence-electron chi connectivity index (χ3n) is 0.721. The van der Waals surface area contributed by atoms with Crippen molar-refractivity contribution in [2.75, 3.05) is 42.3 Å². The molecule has 4 nitrogen and oxygen atoms in total. The van der Waals surface area contributed by atoms with Gasteiger partial charge in [0.2, 0.25) is 0 Å². The molecule has 0 bridgehead atoms. The Hall–Kier alpha value is 0.490. The molecular weight excluding hydrogens is 195 g/mol. The molecule has 0 aromatic rings. The zero-order chi connectivity index (χ0) is 10.4. The summed E-state index contributed by atoms with van der Waals surface area (Å²) in [4.78, 5) is 12.2. The van der Waals surface area contributed by atoms with Gasteiger partial charge >= 0.3 is 0 Å². The lowest BCUT2D eigenvalue weighted by atomic mass is 11.0. The lowest BCUT2D eigenvalue weighted by Crippen LogP contribution is -3.02. The zero-order valence-electron chi connectivity index (χ0n) is 8.62. The number of nitrogens with one attached hydrogen (secondary N) is 1. The molecule has 0 saturated heterocycles. The summed E-state index contributed by atoms with van der Waals surface area (Å²) in [7, 11) is 10.8. The molecular formula is C6H19N2O2PS. The number of nitrogens with zero attached hydrogens (tertiary/aromatic N) is 1. The van der Waals surface area contributed by atoms with E-state index in [1.54, 1.807) is 14.1 Å². The van der Waals surface area contributed by atoms with E-state index in [2.05, 4.69) is 37.5 Å². The van der Waals surface area contributed by atoms with E-state index in [9.17, 15) is 4.89 Å². The summed E-state index contributed by atoms with van der Waals surface area (Å²) in [6.45, 7) is -2.83. The fraction of sp³-hybridized carbons (Fsp3) is 1.00. The van der Waals surface area contributed by atoms with Crippen molar-refractivity contribution in [1.82, 2.24) is 4.67 Å². The summed E-state index contributed by atoms with van der Waals surface area (Å²) in [5.74, 6) is 0. The van der Waals surface area contributed by atoms with Crippen LogP contribution in [0.1, 0.15) is 0 Å². The van der Waals surface area contributed by atoms with Gasteiger partial charge in [-0.3, -0.25) is 4.67 Å². The van der Waals surface area contributed by atoms with Crippen LogP contribution in [0.25, 0.3) is 0 Å². The normalized spacial score (nSPS) is 15.4. The third-order valence-corrected chi connectivity index (χ3v) is 3.59. The van der Waals surface area contributed by atoms with Gasteiger partial charge in [0, 0.05) is 7.11 Å². The van der Waals surface area contributed by atoms with Gasteiger partial charge in [0.25, 0.3) is 0 Å². The van der Waals surface area contributed by atoms with E-state index in [0.717, 1.165) is 0 Å². The Morgan fingerprint density at radius 1 is 1.33 bits per heavy atom. The van der Waals surface area contributed by atoms with E-state index < -0.39 is 6.64 Å². The van der Waals surface area contributed by atoms with Gasteiger partial charge in [-0.05, 0) is 14.1 Å². The Labute approximate surface area is 80.3 Å². The standard InChI is InChI=1S/C3H10NO2PS.C3H9N/c1-4(2)7(5,8)6-3;1-4(2)3/h1-3H3,(H,5,8);1-3H3. The monoisotopic (exact) mass is 214 g/mol. The Morgan fingerprint density at radius 2 is 1.58 bits per heavy atom. The first-order valence-corrected chi connectivity index (χ1v) is 6.14. The lowest BCUT2D eigenvalue weighted by molar-refractivity contribution is -0.836. The molecule has 6 heteroatoms. The van der Waals surface area contributed by atoms with Gasteiger partial charge < -0.3 is 14.3 Å². The van der Waals surface area contributed by atoms with Crippen LogP contribution >= 0.6 is 6.64 Å². The minimum absolute atomic E-state index is 1.34. The summed E-state index contributed by atoms with van der Waals surface area (Å²) in [6, 6.07) is 0. The summed E-state index contributed by atoms with van der Waals surface area (Å²) in [5, 5.41) is 0. The molecule has 0 aliphatic carbocycles. The largest absolute Gasteiger partial charge is 0.789 e. The maximum atomic E-state index is 10.8. The van der Waals surface area contributed by atoms with Crippen molar-refractivity contribution >= 4 is 18.4 Å². The minimum atomic E-state index is -2.83. The maximum Gasteiger partial charge on any atom is 0.0661 e. The van der Waals surface area contributed by atoms with E-state index in [1.165, 1.54) is 16.7 Å². The molecule has 76 valence electrons. The Bertz CT molecular complexity index is 150. The lowest BCUT2D eigenvalue weighted by Gasteiger charge is -2.32. The molecule has 0 radical (unpaired) electrons. The van der Waals surface area contributed by atoms with Crippen molar-refractivity contribution in [2.24, 2.45) is 0 Å². The van der Waals surface area contributed by atoms with Gasteiger partial charge in [-0.25, -0.2) is 0 Å². The number of hydrogen-bond donors (Lipinski definition) is 1. The summed E-state index contributed by atoms with van der Waals surface area (Å²) < 4.78 is 5.89. The van der Waals surface area contributed by atoms with Crippen molar-refractivity contribution in [3.8, 4) is 0 Å². The molecule has 0 aromatic carbocycles. The molecule has 0 fully saturated rings. The van der Waals surface area contributed by atoms with Crippen molar-refractivity contribution in [2.45, 2.75) is 0 Å². The molecule has 0 heterocycles. The van der Waals surface area contributed by atoms with Gasteiger partial charge in [0.15, 0.2) is 0 Å². The van der Waals surface area contributed by atoms with Crippen LogP contribution in [0.15, 0.2) is 0 Å². The smallest absolute Gasteiger partial charge is 0.0661 e. The maximum absolute atomic E-state index is 10.8. The molecule has 0 aliphatic rings. The van der Waals surface area contributed by atoms with Crippen LogP contribution in [-0.2, 0) is 16.3 Å². The molecule has 1 atom stereocenters. The molecule has 0 rings (SSSR count). The number of hydrogen-bond acceptors (Lipinski definition) is 3. The fourth-order valence-corrected chi connectivity index (χ4v) is 0.490. The highest BCUT2D eigenvalue weighted by molar-refractivity contribution is 8.07. The third kappa shape index (κ3) is 10.5. The van der Waals surface area contributed by atoms with Gasteiger partial charge in [-0.1, -0.05) is 11.8 Å². The minimum Gasteiger partial charge on any atom is -0.789 e. The van der Waals surface area contributed by atoms with E-state index >= 15 is 0 Å². The SMILES string of the molecule is COP([O-])(=S)N(C)C.C[NH+](C)C. The van der Waals surface area contributed by atoms with Gasteiger partial charge in [0.1, 0.15) is 0 Å². The van der Waals surface area contributed by atoms with Crippen LogP contribution in [-0.4, -0.2) is 47.0 Å². The predicted molar refractivity (Wildman–Crippen MR) is 53.7 cm³/mol. The molecule has 0 aliphatic heterocycles. The van der Waals surface area contributed by atoms with E-state index in [-0.39, 0.29) is 0 Å². The molecule has 0 saturated carbocycles. The Morgan fingerprint density at radius 3 is 1.58 bits per heavy atom. The first-order valence-electron chi connectivity index (χ1n) is 3.55. The van der Waals surface area contributed by atoms with Crippen molar-refractivity contribution in [3.63, 3.8) is 0 Å². The molecule has 12 heavy (non-hydrogen) atoms. The topological polar surface area (TPSA) is 40.0 Å². The number of rotatable bonds is 2. The van der Waals surface area contributed by atoms with Crippen LogP contribution < -0.4 is 9.79 Å². The first-order chi connectivity index (χ1) is 5.24. The molecule has 0 aromatic heterocycles. The highest BCUT2D eigenvalue weighted by Crippen LogP contribution is 2.37. The molecule has 0 amide bonds. The van der Waals surface area contributed by atoms with Crippen molar-refractivity contribution in [1.29, 1.82) is 0 Å².